The molecule has 0 bridgehead atoms. The molecule has 0 aliphatic carbocycles. The van der Waals surface area contributed by atoms with Gasteiger partial charge in [0.05, 0.1) is 6.33 Å². The number of carboxylic acids is 1. The quantitative estimate of drug-likeness (QED) is 0.670. The average molecular weight is 240 g/mol. The highest BCUT2D eigenvalue weighted by Gasteiger charge is 2.20. The Morgan fingerprint density at radius 2 is 2.35 bits per heavy atom. The standard InChI is InChI=1S/C10H16N4O3/c1-3-6(2)14(4-7(15)16)9-8(11)10(17)13-5-12-9/h5-6H,3-4,11H2,1-2H3,(H,15,16)(H,12,13,17). The number of hydrogen-bond acceptors (Lipinski definition) is 5. The highest BCUT2D eigenvalue weighted by Crippen LogP contribution is 2.19. The van der Waals surface area contributed by atoms with Crippen LogP contribution >= 0.6 is 0 Å². The van der Waals surface area contributed by atoms with E-state index in [9.17, 15) is 9.59 Å². The first-order valence-electron chi connectivity index (χ1n) is 5.29. The molecule has 1 heterocycles. The number of aromatic amines is 1. The minimum atomic E-state index is -0.994. The van der Waals surface area contributed by atoms with E-state index in [0.29, 0.717) is 0 Å². The Balaban J connectivity index is 3.16. The zero-order valence-corrected chi connectivity index (χ0v) is 9.80. The van der Waals surface area contributed by atoms with Crippen molar-refractivity contribution in [2.24, 2.45) is 0 Å². The van der Waals surface area contributed by atoms with Gasteiger partial charge in [0.25, 0.3) is 5.56 Å². The lowest BCUT2D eigenvalue weighted by Gasteiger charge is -2.28. The second-order valence-corrected chi connectivity index (χ2v) is 3.75. The number of nitrogens with two attached hydrogens (primary N) is 1. The lowest BCUT2D eigenvalue weighted by molar-refractivity contribution is -0.135. The zero-order valence-electron chi connectivity index (χ0n) is 9.80. The van der Waals surface area contributed by atoms with Crippen molar-refractivity contribution in [3.05, 3.63) is 16.7 Å². The summed E-state index contributed by atoms with van der Waals surface area (Å²) in [6, 6.07) is -0.0669. The molecule has 0 aromatic carbocycles. The molecule has 0 fully saturated rings. The molecule has 1 rings (SSSR count). The third kappa shape index (κ3) is 2.96. The number of anilines is 2. The molecule has 0 amide bonds. The van der Waals surface area contributed by atoms with Crippen LogP contribution in [0.4, 0.5) is 11.5 Å². The van der Waals surface area contributed by atoms with Gasteiger partial charge >= 0.3 is 5.97 Å². The number of nitrogen functional groups attached to an aromatic ring is 1. The molecule has 7 heteroatoms. The van der Waals surface area contributed by atoms with E-state index in [1.807, 2.05) is 13.8 Å². The Kier molecular flexibility index (Phi) is 4.08. The normalized spacial score (nSPS) is 12.1. The number of carboxylic acid groups (broad SMARTS) is 1. The predicted octanol–water partition coefficient (Wildman–Crippen LogP) is 0.0416. The zero-order chi connectivity index (χ0) is 13.0. The molecule has 0 spiro atoms. The maximum absolute atomic E-state index is 11.3. The van der Waals surface area contributed by atoms with Crippen LogP contribution in [0.3, 0.4) is 0 Å². The van der Waals surface area contributed by atoms with Crippen molar-refractivity contribution >= 4 is 17.5 Å². The van der Waals surface area contributed by atoms with Crippen LogP contribution in [0.5, 0.6) is 0 Å². The molecule has 1 aromatic rings. The van der Waals surface area contributed by atoms with Gasteiger partial charge in [-0.25, -0.2) is 4.98 Å². The smallest absolute Gasteiger partial charge is 0.323 e. The second kappa shape index (κ2) is 5.33. The number of nitrogens with zero attached hydrogens (tertiary/aromatic N) is 2. The highest BCUT2D eigenvalue weighted by molar-refractivity contribution is 5.75. The molecular formula is C10H16N4O3. The summed E-state index contributed by atoms with van der Waals surface area (Å²) in [4.78, 5) is 29.9. The van der Waals surface area contributed by atoms with Crippen LogP contribution in [0.15, 0.2) is 11.1 Å². The minimum Gasteiger partial charge on any atom is -0.480 e. The van der Waals surface area contributed by atoms with Gasteiger partial charge in [-0.1, -0.05) is 6.92 Å². The Labute approximate surface area is 98.3 Å². The van der Waals surface area contributed by atoms with Crippen molar-refractivity contribution in [2.45, 2.75) is 26.3 Å². The monoisotopic (exact) mass is 240 g/mol. The topological polar surface area (TPSA) is 112 Å². The van der Waals surface area contributed by atoms with E-state index in [0.717, 1.165) is 6.42 Å². The van der Waals surface area contributed by atoms with Gasteiger partial charge in [-0.15, -0.1) is 0 Å². The van der Waals surface area contributed by atoms with Crippen LogP contribution in [0.25, 0.3) is 0 Å². The van der Waals surface area contributed by atoms with Crippen LogP contribution in [0.1, 0.15) is 20.3 Å². The van der Waals surface area contributed by atoms with Crippen molar-refractivity contribution in [3.63, 3.8) is 0 Å². The molecule has 0 aliphatic heterocycles. The molecule has 7 nitrogen and oxygen atoms in total. The fraction of sp³-hybridized carbons (Fsp3) is 0.500. The SMILES string of the molecule is CCC(C)N(CC(=O)O)c1nc[nH]c(=O)c1N. The highest BCUT2D eigenvalue weighted by atomic mass is 16.4. The molecule has 1 unspecified atom stereocenters. The molecule has 0 aliphatic rings. The number of aliphatic carboxylic acids is 1. The molecule has 1 aromatic heterocycles. The lowest BCUT2D eigenvalue weighted by atomic mass is 10.2. The van der Waals surface area contributed by atoms with Gasteiger partial charge in [-0.05, 0) is 13.3 Å². The van der Waals surface area contributed by atoms with E-state index >= 15 is 0 Å². The van der Waals surface area contributed by atoms with E-state index in [-0.39, 0.29) is 24.1 Å². The third-order valence-electron chi connectivity index (χ3n) is 2.57. The molecule has 0 radical (unpaired) electrons. The number of carbonyl (C=O) groups is 1. The van der Waals surface area contributed by atoms with Gasteiger partial charge in [0.15, 0.2) is 5.82 Å². The van der Waals surface area contributed by atoms with Crippen molar-refractivity contribution in [2.75, 3.05) is 17.2 Å². The summed E-state index contributed by atoms with van der Waals surface area (Å²) in [5.74, 6) is -0.780. The maximum atomic E-state index is 11.3. The van der Waals surface area contributed by atoms with Crippen molar-refractivity contribution < 1.29 is 9.90 Å². The Morgan fingerprint density at radius 1 is 1.71 bits per heavy atom. The van der Waals surface area contributed by atoms with E-state index in [1.54, 1.807) is 0 Å². The predicted molar refractivity (Wildman–Crippen MR) is 64.0 cm³/mol. The number of nitrogens with one attached hydrogen (secondary N) is 1. The first-order valence-corrected chi connectivity index (χ1v) is 5.29. The summed E-state index contributed by atoms with van der Waals surface area (Å²) in [5, 5.41) is 8.85. The fourth-order valence-electron chi connectivity index (χ4n) is 1.44. The second-order valence-electron chi connectivity index (χ2n) is 3.75. The summed E-state index contributed by atoms with van der Waals surface area (Å²) >= 11 is 0. The Bertz CT molecular complexity index is 457. The van der Waals surface area contributed by atoms with Crippen LogP contribution < -0.4 is 16.2 Å². The van der Waals surface area contributed by atoms with Gasteiger partial charge in [0.2, 0.25) is 0 Å². The molecular weight excluding hydrogens is 224 g/mol. The van der Waals surface area contributed by atoms with Crippen LogP contribution in [-0.4, -0.2) is 33.6 Å². The minimum absolute atomic E-state index is 0.0611. The molecule has 4 N–H and O–H groups in total. The molecule has 0 saturated carbocycles. The van der Waals surface area contributed by atoms with E-state index in [2.05, 4.69) is 9.97 Å². The van der Waals surface area contributed by atoms with Gasteiger partial charge < -0.3 is 20.7 Å². The molecule has 94 valence electrons. The fourth-order valence-corrected chi connectivity index (χ4v) is 1.44. The average Bonchev–Trinajstić information content (AvgIpc) is 2.29. The van der Waals surface area contributed by atoms with Gasteiger partial charge in [0, 0.05) is 6.04 Å². The van der Waals surface area contributed by atoms with Crippen LogP contribution in [-0.2, 0) is 4.79 Å². The summed E-state index contributed by atoms with van der Waals surface area (Å²) in [7, 11) is 0. The number of rotatable bonds is 5. The van der Waals surface area contributed by atoms with Gasteiger partial charge in [-0.2, -0.15) is 0 Å². The summed E-state index contributed by atoms with van der Waals surface area (Å²) < 4.78 is 0. The van der Waals surface area contributed by atoms with Crippen molar-refractivity contribution in [3.8, 4) is 0 Å². The summed E-state index contributed by atoms with van der Waals surface area (Å²) in [6.07, 6.45) is 1.94. The van der Waals surface area contributed by atoms with Crippen molar-refractivity contribution in [1.82, 2.24) is 9.97 Å². The van der Waals surface area contributed by atoms with Crippen molar-refractivity contribution in [1.29, 1.82) is 0 Å². The van der Waals surface area contributed by atoms with E-state index in [4.69, 9.17) is 10.8 Å². The van der Waals surface area contributed by atoms with E-state index < -0.39 is 11.5 Å². The van der Waals surface area contributed by atoms with Crippen LogP contribution in [0, 0.1) is 0 Å². The Morgan fingerprint density at radius 3 is 2.88 bits per heavy atom. The number of H-pyrrole nitrogens is 1. The van der Waals surface area contributed by atoms with Gasteiger partial charge in [-0.3, -0.25) is 9.59 Å². The maximum Gasteiger partial charge on any atom is 0.323 e. The number of hydrogen-bond donors (Lipinski definition) is 3. The molecule has 1 atom stereocenters. The number of aromatic nitrogens is 2. The summed E-state index contributed by atoms with van der Waals surface area (Å²) in [5.41, 5.74) is 5.09. The first-order chi connectivity index (χ1) is 7.97. The van der Waals surface area contributed by atoms with Crippen LogP contribution in [0.2, 0.25) is 0 Å². The summed E-state index contributed by atoms with van der Waals surface area (Å²) in [6.45, 7) is 3.53. The molecule has 0 saturated heterocycles. The molecule has 17 heavy (non-hydrogen) atoms. The lowest BCUT2D eigenvalue weighted by Crippen LogP contribution is -2.39. The van der Waals surface area contributed by atoms with E-state index in [1.165, 1.54) is 11.2 Å². The van der Waals surface area contributed by atoms with Gasteiger partial charge in [0.1, 0.15) is 12.2 Å². The third-order valence-corrected chi connectivity index (χ3v) is 2.57. The largest absolute Gasteiger partial charge is 0.480 e. The first kappa shape index (κ1) is 13.0. The Hall–Kier alpha value is -2.05.